The molecule has 0 atom stereocenters. The minimum absolute atomic E-state index is 0.795. The summed E-state index contributed by atoms with van der Waals surface area (Å²) in [5, 5.41) is 0. The van der Waals surface area contributed by atoms with E-state index in [0.29, 0.717) is 0 Å². The van der Waals surface area contributed by atoms with Gasteiger partial charge in [-0.3, -0.25) is 0 Å². The largest absolute Gasteiger partial charge is 0.366 e. The first kappa shape index (κ1) is 14.1. The maximum absolute atomic E-state index is 4.67. The van der Waals surface area contributed by atoms with Crippen LogP contribution in [0.25, 0.3) is 11.3 Å². The average Bonchev–Trinajstić information content (AvgIpc) is 2.67. The lowest BCUT2D eigenvalue weighted by Crippen LogP contribution is -2.18. The second-order valence-electron chi connectivity index (χ2n) is 5.17. The van der Waals surface area contributed by atoms with Crippen molar-refractivity contribution in [2.24, 2.45) is 4.99 Å². The Morgan fingerprint density at radius 3 is 2.86 bits per heavy atom. The molecule has 0 fully saturated rings. The molecule has 5 heteroatoms. The third-order valence-electron chi connectivity index (χ3n) is 3.59. The van der Waals surface area contributed by atoms with Gasteiger partial charge in [-0.25, -0.2) is 15.0 Å². The molecule has 0 bridgehead atoms. The Hall–Kier alpha value is -1.88. The monoisotopic (exact) mass is 298 g/mol. The highest BCUT2D eigenvalue weighted by Gasteiger charge is 2.19. The van der Waals surface area contributed by atoms with E-state index < -0.39 is 0 Å². The van der Waals surface area contributed by atoms with Crippen LogP contribution < -0.4 is 0 Å². The Labute approximate surface area is 129 Å². The summed E-state index contributed by atoms with van der Waals surface area (Å²) in [7, 11) is 3.98. The van der Waals surface area contributed by atoms with E-state index in [1.165, 1.54) is 10.5 Å². The molecule has 21 heavy (non-hydrogen) atoms. The van der Waals surface area contributed by atoms with E-state index in [4.69, 9.17) is 0 Å². The Balaban J connectivity index is 2.16. The summed E-state index contributed by atoms with van der Waals surface area (Å²) >= 11 is 1.87. The van der Waals surface area contributed by atoms with E-state index in [-0.39, 0.29) is 0 Å². The van der Waals surface area contributed by atoms with Crippen LogP contribution >= 0.6 is 11.8 Å². The molecule has 1 aliphatic rings. The maximum Gasteiger partial charge on any atom is 0.161 e. The van der Waals surface area contributed by atoms with Crippen molar-refractivity contribution in [2.75, 3.05) is 19.8 Å². The number of hydrogen-bond donors (Lipinski definition) is 0. The van der Waals surface area contributed by atoms with Gasteiger partial charge in [0.2, 0.25) is 0 Å². The van der Waals surface area contributed by atoms with Crippen LogP contribution in [0, 0.1) is 0 Å². The lowest BCUT2D eigenvalue weighted by molar-refractivity contribution is 0.618. The van der Waals surface area contributed by atoms with Gasteiger partial charge >= 0.3 is 0 Å². The molecule has 1 aromatic heterocycles. The summed E-state index contributed by atoms with van der Waals surface area (Å²) < 4.78 is 0. The minimum atomic E-state index is 0.795. The molecule has 4 nitrogen and oxygen atoms in total. The van der Waals surface area contributed by atoms with Crippen molar-refractivity contribution >= 4 is 23.4 Å². The summed E-state index contributed by atoms with van der Waals surface area (Å²) in [6, 6.07) is 8.43. The molecule has 0 aliphatic carbocycles. The molecule has 0 spiro atoms. The van der Waals surface area contributed by atoms with Crippen molar-refractivity contribution in [3.05, 3.63) is 36.2 Å². The second kappa shape index (κ2) is 5.85. The number of thioether (sulfide) groups is 1. The normalized spacial score (nSPS) is 14.1. The maximum atomic E-state index is 4.67. The van der Waals surface area contributed by atoms with Crippen molar-refractivity contribution in [2.45, 2.75) is 18.2 Å². The highest BCUT2D eigenvalue weighted by atomic mass is 32.2. The van der Waals surface area contributed by atoms with Crippen LogP contribution in [-0.2, 0) is 6.42 Å². The predicted molar refractivity (Wildman–Crippen MR) is 88.4 cm³/mol. The van der Waals surface area contributed by atoms with Gasteiger partial charge < -0.3 is 4.90 Å². The third kappa shape index (κ3) is 2.78. The van der Waals surface area contributed by atoms with Crippen LogP contribution in [0.2, 0.25) is 0 Å². The van der Waals surface area contributed by atoms with Gasteiger partial charge in [-0.05, 0) is 19.4 Å². The van der Waals surface area contributed by atoms with Gasteiger partial charge in [0.25, 0.3) is 0 Å². The number of nitrogens with zero attached hydrogens (tertiary/aromatic N) is 4. The Kier molecular flexibility index (Phi) is 3.92. The van der Waals surface area contributed by atoms with Gasteiger partial charge in [0.05, 0.1) is 5.69 Å². The Morgan fingerprint density at radius 1 is 1.24 bits per heavy atom. The van der Waals surface area contributed by atoms with Crippen LogP contribution in [0.3, 0.4) is 0 Å². The van der Waals surface area contributed by atoms with E-state index >= 15 is 0 Å². The molecule has 1 aromatic carbocycles. The fourth-order valence-corrected chi connectivity index (χ4v) is 3.29. The van der Waals surface area contributed by atoms with Gasteiger partial charge in [-0.1, -0.05) is 18.2 Å². The third-order valence-corrected chi connectivity index (χ3v) is 4.66. The van der Waals surface area contributed by atoms with Gasteiger partial charge in [0.15, 0.2) is 5.82 Å². The van der Waals surface area contributed by atoms with Crippen LogP contribution in [0.4, 0.5) is 5.82 Å². The second-order valence-corrected chi connectivity index (χ2v) is 6.31. The van der Waals surface area contributed by atoms with Crippen LogP contribution in [-0.4, -0.2) is 40.6 Å². The fourth-order valence-electron chi connectivity index (χ4n) is 2.27. The molecule has 0 radical (unpaired) electrons. The van der Waals surface area contributed by atoms with Crippen molar-refractivity contribution in [1.82, 2.24) is 14.9 Å². The number of fused-ring (bicyclic) bond motifs is 3. The topological polar surface area (TPSA) is 41.4 Å². The molecule has 2 aromatic rings. The van der Waals surface area contributed by atoms with E-state index in [0.717, 1.165) is 35.1 Å². The summed E-state index contributed by atoms with van der Waals surface area (Å²) in [5.41, 5.74) is 3.36. The predicted octanol–water partition coefficient (Wildman–Crippen LogP) is 3.40. The van der Waals surface area contributed by atoms with Gasteiger partial charge in [0, 0.05) is 35.9 Å². The number of amidine groups is 1. The van der Waals surface area contributed by atoms with Gasteiger partial charge in [-0.2, -0.15) is 0 Å². The van der Waals surface area contributed by atoms with Crippen molar-refractivity contribution in [3.8, 4) is 11.3 Å². The molecule has 3 rings (SSSR count). The molecule has 0 amide bonds. The number of aliphatic imine (C=N–C) groups is 1. The molecule has 2 heterocycles. The number of rotatable bonds is 1. The summed E-state index contributed by atoms with van der Waals surface area (Å²) in [6.07, 6.45) is 2.56. The zero-order chi connectivity index (χ0) is 14.8. The first-order chi connectivity index (χ1) is 10.2. The molecule has 108 valence electrons. The average molecular weight is 298 g/mol. The molecule has 0 saturated carbocycles. The Bertz CT molecular complexity index is 694. The summed E-state index contributed by atoms with van der Waals surface area (Å²) in [4.78, 5) is 16.9. The fraction of sp³-hybridized carbons (Fsp3) is 0.312. The lowest BCUT2D eigenvalue weighted by Gasteiger charge is -2.13. The van der Waals surface area contributed by atoms with Gasteiger partial charge in [0.1, 0.15) is 12.2 Å². The summed E-state index contributed by atoms with van der Waals surface area (Å²) in [6.45, 7) is 1.99. The zero-order valence-corrected chi connectivity index (χ0v) is 13.3. The van der Waals surface area contributed by atoms with Gasteiger partial charge in [-0.15, -0.1) is 11.8 Å². The molecule has 0 unspecified atom stereocenters. The van der Waals surface area contributed by atoms with Crippen LogP contribution in [0.5, 0.6) is 0 Å². The molecular weight excluding hydrogens is 280 g/mol. The molecule has 0 saturated heterocycles. The van der Waals surface area contributed by atoms with Crippen LogP contribution in [0.1, 0.15) is 12.5 Å². The molecular formula is C16H18N4S. The number of hydrogen-bond acceptors (Lipinski definition) is 4. The van der Waals surface area contributed by atoms with E-state index in [1.54, 1.807) is 6.33 Å². The minimum Gasteiger partial charge on any atom is -0.366 e. The summed E-state index contributed by atoms with van der Waals surface area (Å²) in [5.74, 6) is 2.77. The first-order valence-corrected chi connectivity index (χ1v) is 7.94. The number of benzene rings is 1. The van der Waals surface area contributed by atoms with Crippen molar-refractivity contribution in [1.29, 1.82) is 0 Å². The SMILES string of the molecule is CC(=Nc1ncnc2c1CCSc1ccccc1-2)N(C)C. The van der Waals surface area contributed by atoms with E-state index in [2.05, 4.69) is 39.2 Å². The number of aromatic nitrogens is 2. The van der Waals surface area contributed by atoms with E-state index in [9.17, 15) is 0 Å². The quantitative estimate of drug-likeness (QED) is 0.597. The zero-order valence-electron chi connectivity index (χ0n) is 12.5. The molecule has 1 aliphatic heterocycles. The Morgan fingerprint density at radius 2 is 2.05 bits per heavy atom. The van der Waals surface area contributed by atoms with E-state index in [1.807, 2.05) is 37.7 Å². The van der Waals surface area contributed by atoms with Crippen LogP contribution in [0.15, 0.2) is 40.5 Å². The molecule has 0 N–H and O–H groups in total. The van der Waals surface area contributed by atoms with Crippen molar-refractivity contribution in [3.63, 3.8) is 0 Å². The first-order valence-electron chi connectivity index (χ1n) is 6.95. The standard InChI is InChI=1S/C16H18N4S/c1-11(20(2)3)19-16-13-8-9-21-14-7-5-4-6-12(14)15(13)17-10-18-16/h4-7,10H,8-9H2,1-3H3. The highest BCUT2D eigenvalue weighted by Crippen LogP contribution is 2.38. The van der Waals surface area contributed by atoms with Crippen molar-refractivity contribution < 1.29 is 0 Å². The highest BCUT2D eigenvalue weighted by molar-refractivity contribution is 7.99. The lowest BCUT2D eigenvalue weighted by atomic mass is 10.0. The smallest absolute Gasteiger partial charge is 0.161 e.